The predicted molar refractivity (Wildman–Crippen MR) is 97.5 cm³/mol. The van der Waals surface area contributed by atoms with Gasteiger partial charge in [-0.3, -0.25) is 4.68 Å². The average Bonchev–Trinajstić information content (AvgIpc) is 3.22. The highest BCUT2D eigenvalue weighted by Gasteiger charge is 2.28. The molecular formula is C19H26N4O2. The number of aryl methyl sites for hydroxylation is 1. The van der Waals surface area contributed by atoms with Gasteiger partial charge in [0.05, 0.1) is 18.9 Å². The quantitative estimate of drug-likeness (QED) is 0.906. The fraction of sp³-hybridized carbons (Fsp3) is 0.474. The second-order valence-corrected chi connectivity index (χ2v) is 6.87. The standard InChI is InChI=1S/C19H26N4O2/c1-14(2)25-13-15-5-4-6-18(9-15)21-19(24)23-8-7-16(12-23)17-10-20-22(3)11-17/h4-6,9-11,14,16H,7-8,12-13H2,1-3H3,(H,21,24)/t16-/m0/s1. The number of nitrogens with zero attached hydrogens (tertiary/aromatic N) is 3. The number of rotatable bonds is 5. The van der Waals surface area contributed by atoms with Gasteiger partial charge in [0, 0.05) is 37.9 Å². The third-order valence-corrected chi connectivity index (χ3v) is 4.43. The van der Waals surface area contributed by atoms with E-state index in [2.05, 4.69) is 10.4 Å². The molecule has 1 aromatic carbocycles. The van der Waals surface area contributed by atoms with Crippen molar-refractivity contribution in [1.29, 1.82) is 0 Å². The third-order valence-electron chi connectivity index (χ3n) is 4.43. The summed E-state index contributed by atoms with van der Waals surface area (Å²) >= 11 is 0. The highest BCUT2D eigenvalue weighted by atomic mass is 16.5. The fourth-order valence-corrected chi connectivity index (χ4v) is 3.07. The van der Waals surface area contributed by atoms with Crippen LogP contribution in [0.1, 0.15) is 37.3 Å². The Balaban J connectivity index is 1.56. The lowest BCUT2D eigenvalue weighted by Crippen LogP contribution is -2.32. The monoisotopic (exact) mass is 342 g/mol. The third kappa shape index (κ3) is 4.60. The van der Waals surface area contributed by atoms with Crippen LogP contribution in [0.25, 0.3) is 0 Å². The van der Waals surface area contributed by atoms with Crippen molar-refractivity contribution in [3.63, 3.8) is 0 Å². The van der Waals surface area contributed by atoms with Crippen molar-refractivity contribution >= 4 is 11.7 Å². The summed E-state index contributed by atoms with van der Waals surface area (Å²) in [4.78, 5) is 14.4. The lowest BCUT2D eigenvalue weighted by molar-refractivity contribution is 0.0657. The van der Waals surface area contributed by atoms with Crippen LogP contribution in [0.5, 0.6) is 0 Å². The van der Waals surface area contributed by atoms with Gasteiger partial charge in [0.1, 0.15) is 0 Å². The minimum Gasteiger partial charge on any atom is -0.374 e. The summed E-state index contributed by atoms with van der Waals surface area (Å²) in [6.07, 6.45) is 5.09. The number of urea groups is 1. The van der Waals surface area contributed by atoms with Crippen molar-refractivity contribution < 1.29 is 9.53 Å². The summed E-state index contributed by atoms with van der Waals surface area (Å²) in [5.74, 6) is 0.366. The minimum atomic E-state index is -0.0479. The molecule has 2 aromatic rings. The van der Waals surface area contributed by atoms with Gasteiger partial charge in [-0.25, -0.2) is 4.79 Å². The van der Waals surface area contributed by atoms with Crippen LogP contribution in [0, 0.1) is 0 Å². The number of hydrogen-bond donors (Lipinski definition) is 1. The van der Waals surface area contributed by atoms with Gasteiger partial charge in [-0.1, -0.05) is 12.1 Å². The van der Waals surface area contributed by atoms with Crippen LogP contribution in [0.3, 0.4) is 0 Å². The van der Waals surface area contributed by atoms with E-state index in [0.717, 1.165) is 30.8 Å². The van der Waals surface area contributed by atoms with E-state index in [0.29, 0.717) is 12.5 Å². The van der Waals surface area contributed by atoms with Crippen molar-refractivity contribution in [3.05, 3.63) is 47.8 Å². The fourth-order valence-electron chi connectivity index (χ4n) is 3.07. The number of nitrogens with one attached hydrogen (secondary N) is 1. The molecule has 3 rings (SSSR count). The molecule has 0 saturated carbocycles. The lowest BCUT2D eigenvalue weighted by atomic mass is 10.0. The van der Waals surface area contributed by atoms with Gasteiger partial charge in [-0.05, 0) is 43.5 Å². The first kappa shape index (κ1) is 17.5. The van der Waals surface area contributed by atoms with Gasteiger partial charge in [0.15, 0.2) is 0 Å². The first-order chi connectivity index (χ1) is 12.0. The van der Waals surface area contributed by atoms with E-state index < -0.39 is 0 Å². The summed E-state index contributed by atoms with van der Waals surface area (Å²) in [7, 11) is 1.92. The van der Waals surface area contributed by atoms with Crippen LogP contribution in [0.15, 0.2) is 36.7 Å². The van der Waals surface area contributed by atoms with Crippen LogP contribution < -0.4 is 5.32 Å². The lowest BCUT2D eigenvalue weighted by Gasteiger charge is -2.17. The van der Waals surface area contributed by atoms with Crippen molar-refractivity contribution in [3.8, 4) is 0 Å². The van der Waals surface area contributed by atoms with E-state index in [1.54, 1.807) is 0 Å². The maximum absolute atomic E-state index is 12.5. The number of benzene rings is 1. The second kappa shape index (κ2) is 7.70. The zero-order valence-electron chi connectivity index (χ0n) is 15.1. The van der Waals surface area contributed by atoms with Crippen LogP contribution in [0.2, 0.25) is 0 Å². The maximum atomic E-state index is 12.5. The van der Waals surface area contributed by atoms with Crippen LogP contribution in [0.4, 0.5) is 10.5 Å². The zero-order valence-corrected chi connectivity index (χ0v) is 15.1. The smallest absolute Gasteiger partial charge is 0.321 e. The molecule has 1 atom stereocenters. The number of carbonyl (C=O) groups is 1. The first-order valence-corrected chi connectivity index (χ1v) is 8.76. The molecule has 0 spiro atoms. The molecule has 6 heteroatoms. The molecule has 1 saturated heterocycles. The summed E-state index contributed by atoms with van der Waals surface area (Å²) in [6, 6.07) is 7.78. The van der Waals surface area contributed by atoms with Crippen LogP contribution >= 0.6 is 0 Å². The number of carbonyl (C=O) groups excluding carboxylic acids is 1. The van der Waals surface area contributed by atoms with Crippen molar-refractivity contribution in [2.45, 2.75) is 38.9 Å². The number of amides is 2. The zero-order chi connectivity index (χ0) is 17.8. The SMILES string of the molecule is CC(C)OCc1cccc(NC(=O)N2CC[C@H](c3cnn(C)c3)C2)c1. The molecule has 2 heterocycles. The van der Waals surface area contributed by atoms with E-state index in [-0.39, 0.29) is 12.1 Å². The Morgan fingerprint density at radius 3 is 3.00 bits per heavy atom. The van der Waals surface area contributed by atoms with Crippen molar-refractivity contribution in [2.75, 3.05) is 18.4 Å². The number of anilines is 1. The van der Waals surface area contributed by atoms with Gasteiger partial charge in [-0.2, -0.15) is 5.10 Å². The molecule has 0 unspecified atom stereocenters. The van der Waals surface area contributed by atoms with E-state index in [4.69, 9.17) is 4.74 Å². The van der Waals surface area contributed by atoms with Crippen LogP contribution in [-0.4, -0.2) is 39.9 Å². The van der Waals surface area contributed by atoms with Gasteiger partial charge >= 0.3 is 6.03 Å². The highest BCUT2D eigenvalue weighted by molar-refractivity contribution is 5.89. The normalized spacial score (nSPS) is 17.3. The molecule has 1 N–H and O–H groups in total. The Hall–Kier alpha value is -2.34. The van der Waals surface area contributed by atoms with Gasteiger partial charge in [0.2, 0.25) is 0 Å². The summed E-state index contributed by atoms with van der Waals surface area (Å²) in [5, 5.41) is 7.22. The maximum Gasteiger partial charge on any atom is 0.321 e. The number of hydrogen-bond acceptors (Lipinski definition) is 3. The number of ether oxygens (including phenoxy) is 1. The van der Waals surface area contributed by atoms with Crippen molar-refractivity contribution in [1.82, 2.24) is 14.7 Å². The summed E-state index contributed by atoms with van der Waals surface area (Å²) in [5.41, 5.74) is 3.06. The number of likely N-dealkylation sites (tertiary alicyclic amines) is 1. The first-order valence-electron chi connectivity index (χ1n) is 8.76. The van der Waals surface area contributed by atoms with E-state index >= 15 is 0 Å². The van der Waals surface area contributed by atoms with E-state index in [1.165, 1.54) is 5.56 Å². The second-order valence-electron chi connectivity index (χ2n) is 6.87. The molecule has 2 amide bonds. The number of aromatic nitrogens is 2. The Bertz CT molecular complexity index is 726. The molecule has 25 heavy (non-hydrogen) atoms. The Morgan fingerprint density at radius 2 is 2.28 bits per heavy atom. The summed E-state index contributed by atoms with van der Waals surface area (Å²) < 4.78 is 7.43. The van der Waals surface area contributed by atoms with Gasteiger partial charge < -0.3 is 15.0 Å². The van der Waals surface area contributed by atoms with Crippen LogP contribution in [-0.2, 0) is 18.4 Å². The Labute approximate surface area is 148 Å². The topological polar surface area (TPSA) is 59.4 Å². The molecule has 134 valence electrons. The molecule has 0 radical (unpaired) electrons. The van der Waals surface area contributed by atoms with Crippen molar-refractivity contribution in [2.24, 2.45) is 7.05 Å². The van der Waals surface area contributed by atoms with E-state index in [9.17, 15) is 4.79 Å². The largest absolute Gasteiger partial charge is 0.374 e. The summed E-state index contributed by atoms with van der Waals surface area (Å²) in [6.45, 7) is 6.07. The molecule has 1 aliphatic heterocycles. The molecule has 6 nitrogen and oxygen atoms in total. The van der Waals surface area contributed by atoms with Gasteiger partial charge in [0.25, 0.3) is 0 Å². The molecule has 1 aliphatic rings. The molecule has 1 fully saturated rings. The minimum absolute atomic E-state index is 0.0479. The molecule has 0 bridgehead atoms. The average molecular weight is 342 g/mol. The Morgan fingerprint density at radius 1 is 1.44 bits per heavy atom. The highest BCUT2D eigenvalue weighted by Crippen LogP contribution is 2.27. The van der Waals surface area contributed by atoms with Gasteiger partial charge in [-0.15, -0.1) is 0 Å². The molecule has 1 aromatic heterocycles. The predicted octanol–water partition coefficient (Wildman–Crippen LogP) is 3.37. The molecular weight excluding hydrogens is 316 g/mol. The van der Waals surface area contributed by atoms with E-state index in [1.807, 2.05) is 67.1 Å². The molecule has 0 aliphatic carbocycles. The Kier molecular flexibility index (Phi) is 5.38.